The second-order valence-electron chi connectivity index (χ2n) is 11.9. The molecule has 5 aromatic rings. The van der Waals surface area contributed by atoms with E-state index in [0.29, 0.717) is 5.75 Å². The molecule has 1 aliphatic rings. The molecule has 0 saturated carbocycles. The molecule has 1 fully saturated rings. The minimum atomic E-state index is -4.19. The molecule has 242 valence electrons. The summed E-state index contributed by atoms with van der Waals surface area (Å²) in [5, 5.41) is 44.4. The van der Waals surface area contributed by atoms with Gasteiger partial charge >= 0.3 is 7.67 Å². The molecule has 1 saturated heterocycles. The highest BCUT2D eigenvalue weighted by molar-refractivity contribution is 7.54. The molecule has 0 amide bonds. The van der Waals surface area contributed by atoms with Gasteiger partial charge in [-0.3, -0.25) is 0 Å². The van der Waals surface area contributed by atoms with E-state index in [0.717, 1.165) is 22.3 Å². The van der Waals surface area contributed by atoms with Gasteiger partial charge in [-0.2, -0.15) is 9.34 Å². The molecule has 8 nitrogen and oxygen atoms in total. The topological polar surface area (TPSA) is 114 Å². The summed E-state index contributed by atoms with van der Waals surface area (Å²) in [6.07, 6.45) is -2.08. The van der Waals surface area contributed by atoms with Crippen molar-refractivity contribution in [1.82, 2.24) is 9.34 Å². The molecule has 0 spiro atoms. The molecule has 0 bridgehead atoms. The normalized spacial score (nSPS) is 23.6. The third kappa shape index (κ3) is 7.60. The fraction of sp³-hybridized carbons (Fsp3) is 0.211. The van der Waals surface area contributed by atoms with Crippen molar-refractivity contribution < 1.29 is 29.5 Å². The molecule has 1 heterocycles. The number of para-hydroxylation sites is 1. The number of hydrogen-bond acceptors (Lipinski definition) is 6. The average Bonchev–Trinajstić information content (AvgIpc) is 3.14. The average molecular weight is 651 g/mol. The lowest BCUT2D eigenvalue weighted by Crippen LogP contribution is -2.50. The quantitative estimate of drug-likeness (QED) is 0.126. The zero-order chi connectivity index (χ0) is 32.8. The van der Waals surface area contributed by atoms with Crippen LogP contribution >= 0.6 is 7.67 Å². The van der Waals surface area contributed by atoms with Crippen LogP contribution in [-0.4, -0.2) is 54.1 Å². The zero-order valence-electron chi connectivity index (χ0n) is 25.9. The highest BCUT2D eigenvalue weighted by Gasteiger charge is 2.55. The second-order valence-corrected chi connectivity index (χ2v) is 14.1. The van der Waals surface area contributed by atoms with Crippen molar-refractivity contribution >= 4 is 7.67 Å². The summed E-state index contributed by atoms with van der Waals surface area (Å²) in [4.78, 5) is 0. The van der Waals surface area contributed by atoms with Gasteiger partial charge in [0.15, 0.2) is 0 Å². The molecule has 0 aliphatic carbocycles. The molecule has 1 aliphatic heterocycles. The van der Waals surface area contributed by atoms with Gasteiger partial charge in [-0.05, 0) is 71.5 Å². The van der Waals surface area contributed by atoms with Crippen molar-refractivity contribution in [3.05, 3.63) is 162 Å². The summed E-state index contributed by atoms with van der Waals surface area (Å²) >= 11 is 0. The first-order valence-electron chi connectivity index (χ1n) is 15.7. The maximum absolute atomic E-state index is 16.2. The van der Waals surface area contributed by atoms with Crippen molar-refractivity contribution in [2.24, 2.45) is 0 Å². The van der Waals surface area contributed by atoms with Crippen LogP contribution < -0.4 is 4.52 Å². The molecule has 0 aromatic heterocycles. The predicted molar refractivity (Wildman–Crippen MR) is 182 cm³/mol. The summed E-state index contributed by atoms with van der Waals surface area (Å²) in [7, 11) is -4.19. The maximum atomic E-state index is 16.2. The standard InChI is InChI=1S/C38H39N2O6P/c41-32-20-16-30(17-21-32)26-39-35(24-28-10-4-1-5-11-28)37(43)38(44)36(25-29-12-6-2-7-13-29)40(27-31-18-22-33(42)23-19-31)47(39,45)46-34-14-8-3-9-15-34/h1-23,35-38,41-44H,24-27H2. The fourth-order valence-corrected chi connectivity index (χ4v) is 8.98. The van der Waals surface area contributed by atoms with Crippen LogP contribution in [0.5, 0.6) is 17.2 Å². The highest BCUT2D eigenvalue weighted by Crippen LogP contribution is 2.60. The van der Waals surface area contributed by atoms with Crippen LogP contribution in [0, 0.1) is 0 Å². The Morgan fingerprint density at radius 2 is 0.872 bits per heavy atom. The molecule has 4 atom stereocenters. The Hall–Kier alpha value is -4.43. The van der Waals surface area contributed by atoms with E-state index in [1.165, 1.54) is 0 Å². The van der Waals surface area contributed by atoms with E-state index in [1.807, 2.05) is 66.7 Å². The molecule has 4 N–H and O–H groups in total. The Labute approximate surface area is 275 Å². The SMILES string of the molecule is O=P1(Oc2ccccc2)N(Cc2ccc(O)cc2)C(Cc2ccccc2)C(O)C(O)C(Cc2ccccc2)N1Cc1ccc(O)cc1. The Bertz CT molecular complexity index is 1650. The highest BCUT2D eigenvalue weighted by atomic mass is 31.2. The lowest BCUT2D eigenvalue weighted by Gasteiger charge is -2.41. The van der Waals surface area contributed by atoms with E-state index in [2.05, 4.69) is 0 Å². The van der Waals surface area contributed by atoms with Gasteiger partial charge in [-0.1, -0.05) is 103 Å². The van der Waals surface area contributed by atoms with E-state index in [9.17, 15) is 20.4 Å². The Balaban J connectivity index is 1.56. The van der Waals surface area contributed by atoms with Gasteiger partial charge in [-0.25, -0.2) is 4.57 Å². The number of phenolic OH excluding ortho intramolecular Hbond substituents is 2. The lowest BCUT2D eigenvalue weighted by molar-refractivity contribution is -0.0408. The molecule has 5 aromatic carbocycles. The van der Waals surface area contributed by atoms with Crippen LogP contribution in [-0.2, 0) is 30.5 Å². The smallest absolute Gasteiger partial charge is 0.397 e. The minimum absolute atomic E-state index is 0.0931. The van der Waals surface area contributed by atoms with Gasteiger partial charge in [0.1, 0.15) is 17.2 Å². The number of aliphatic hydroxyl groups excluding tert-OH is 2. The number of aromatic hydroxyl groups is 2. The third-order valence-corrected chi connectivity index (χ3v) is 11.3. The number of rotatable bonds is 10. The molecule has 47 heavy (non-hydrogen) atoms. The van der Waals surface area contributed by atoms with Crippen molar-refractivity contribution in [2.75, 3.05) is 0 Å². The monoisotopic (exact) mass is 650 g/mol. The molecular weight excluding hydrogens is 611 g/mol. The van der Waals surface area contributed by atoms with Crippen molar-refractivity contribution in [2.45, 2.75) is 50.2 Å². The Morgan fingerprint density at radius 3 is 1.26 bits per heavy atom. The Morgan fingerprint density at radius 1 is 0.511 bits per heavy atom. The van der Waals surface area contributed by atoms with Crippen LogP contribution in [0.3, 0.4) is 0 Å². The summed E-state index contributed by atoms with van der Waals surface area (Å²) in [6, 6.07) is 39.8. The zero-order valence-corrected chi connectivity index (χ0v) is 26.8. The van der Waals surface area contributed by atoms with Crippen molar-refractivity contribution in [1.29, 1.82) is 0 Å². The number of hydrogen-bond donors (Lipinski definition) is 4. The van der Waals surface area contributed by atoms with Crippen LogP contribution in [0.2, 0.25) is 0 Å². The fourth-order valence-electron chi connectivity index (χ4n) is 6.21. The van der Waals surface area contributed by atoms with Crippen LogP contribution in [0.25, 0.3) is 0 Å². The van der Waals surface area contributed by atoms with Crippen LogP contribution in [0.1, 0.15) is 22.3 Å². The van der Waals surface area contributed by atoms with Crippen molar-refractivity contribution in [3.8, 4) is 17.2 Å². The maximum Gasteiger partial charge on any atom is 0.397 e. The lowest BCUT2D eigenvalue weighted by atomic mass is 9.91. The third-order valence-electron chi connectivity index (χ3n) is 8.66. The summed E-state index contributed by atoms with van der Waals surface area (Å²) in [5.74, 6) is 0.577. The van der Waals surface area contributed by atoms with Gasteiger partial charge in [0.05, 0.1) is 24.3 Å². The van der Waals surface area contributed by atoms with E-state index >= 15 is 4.57 Å². The Kier molecular flexibility index (Phi) is 10.1. The number of aliphatic hydroxyl groups is 2. The molecular formula is C38H39N2O6P. The van der Waals surface area contributed by atoms with Gasteiger partial charge in [0, 0.05) is 13.1 Å². The first kappa shape index (κ1) is 32.5. The van der Waals surface area contributed by atoms with Crippen LogP contribution in [0.4, 0.5) is 0 Å². The van der Waals surface area contributed by atoms with E-state index in [4.69, 9.17) is 4.52 Å². The molecule has 9 heteroatoms. The van der Waals surface area contributed by atoms with E-state index < -0.39 is 32.0 Å². The number of nitrogens with zero attached hydrogens (tertiary/aromatic N) is 2. The molecule has 0 radical (unpaired) electrons. The predicted octanol–water partition coefficient (Wildman–Crippen LogP) is 6.55. The largest absolute Gasteiger partial charge is 0.508 e. The van der Waals surface area contributed by atoms with Gasteiger partial charge in [0.2, 0.25) is 0 Å². The minimum Gasteiger partial charge on any atom is -0.508 e. The van der Waals surface area contributed by atoms with Crippen LogP contribution in [0.15, 0.2) is 140 Å². The number of phenols is 2. The first-order chi connectivity index (χ1) is 22.8. The number of benzene rings is 5. The second kappa shape index (κ2) is 14.6. The van der Waals surface area contributed by atoms with Crippen molar-refractivity contribution in [3.63, 3.8) is 0 Å². The van der Waals surface area contributed by atoms with Gasteiger partial charge in [-0.15, -0.1) is 0 Å². The summed E-state index contributed by atoms with van der Waals surface area (Å²) in [5.41, 5.74) is 3.28. The summed E-state index contributed by atoms with van der Waals surface area (Å²) < 4.78 is 26.3. The van der Waals surface area contributed by atoms with E-state index in [-0.39, 0.29) is 37.4 Å². The molecule has 6 rings (SSSR count). The first-order valence-corrected chi connectivity index (χ1v) is 17.2. The van der Waals surface area contributed by atoms with Gasteiger partial charge < -0.3 is 24.9 Å². The molecule has 4 unspecified atom stereocenters. The summed E-state index contributed by atoms with van der Waals surface area (Å²) in [6.45, 7) is 0.186. The van der Waals surface area contributed by atoms with E-state index in [1.54, 1.807) is 82.1 Å². The van der Waals surface area contributed by atoms with Gasteiger partial charge in [0.25, 0.3) is 0 Å².